The summed E-state index contributed by atoms with van der Waals surface area (Å²) in [4.78, 5) is 0. The molecule has 0 unspecified atom stereocenters. The van der Waals surface area contributed by atoms with Crippen LogP contribution in [0.3, 0.4) is 0 Å². The Kier molecular flexibility index (Phi) is 7.14. The number of rotatable bonds is 0. The Morgan fingerprint density at radius 1 is 0.474 bits per heavy atom. The molecule has 0 amide bonds. The largest absolute Gasteiger partial charge is 0.0776 e. The van der Waals surface area contributed by atoms with Crippen molar-refractivity contribution in [3.8, 4) is 0 Å². The predicted molar refractivity (Wildman–Crippen MR) is 88.0 cm³/mol. The molecule has 0 aliphatic heterocycles. The van der Waals surface area contributed by atoms with Gasteiger partial charge in [0.25, 0.3) is 0 Å². The normalized spacial score (nSPS) is 9.16. The lowest BCUT2D eigenvalue weighted by molar-refractivity contribution is 1.22. The van der Waals surface area contributed by atoms with Gasteiger partial charge in [-0.05, 0) is 63.8 Å². The Hall–Kier alpha value is -1.56. The summed E-state index contributed by atoms with van der Waals surface area (Å²) < 4.78 is 0. The highest BCUT2D eigenvalue weighted by Crippen LogP contribution is 2.15. The van der Waals surface area contributed by atoms with Crippen LogP contribution in [0.5, 0.6) is 0 Å². The van der Waals surface area contributed by atoms with Crippen molar-refractivity contribution in [2.45, 2.75) is 49.0 Å². The van der Waals surface area contributed by atoms with Gasteiger partial charge < -0.3 is 0 Å². The monoisotopic (exact) mass is 256 g/mol. The fraction of sp³-hybridized carbons (Fsp3) is 0.368. The molecule has 0 saturated carbocycles. The van der Waals surface area contributed by atoms with Crippen LogP contribution >= 0.6 is 0 Å². The van der Waals surface area contributed by atoms with E-state index in [4.69, 9.17) is 0 Å². The van der Waals surface area contributed by atoms with Crippen molar-refractivity contribution in [1.29, 1.82) is 0 Å². The zero-order chi connectivity index (χ0) is 13.7. The molecule has 0 aliphatic carbocycles. The fourth-order valence-electron chi connectivity index (χ4n) is 1.73. The number of aryl methyl sites for hydroxylation is 4. The summed E-state index contributed by atoms with van der Waals surface area (Å²) in [6.45, 7) is 12.9. The van der Waals surface area contributed by atoms with Crippen molar-refractivity contribution in [1.82, 2.24) is 0 Å². The van der Waals surface area contributed by atoms with E-state index in [1.54, 1.807) is 0 Å². The molecule has 0 aromatic heterocycles. The quantitative estimate of drug-likeness (QED) is 0.554. The molecule has 104 valence electrons. The number of hydrogen-bond donors (Lipinski definition) is 0. The second-order valence-electron chi connectivity index (χ2n) is 5.10. The van der Waals surface area contributed by atoms with Gasteiger partial charge in [-0.1, -0.05) is 55.0 Å². The van der Waals surface area contributed by atoms with Gasteiger partial charge in [-0.2, -0.15) is 0 Å². The van der Waals surface area contributed by atoms with Gasteiger partial charge in [0.05, 0.1) is 0 Å². The van der Waals surface area contributed by atoms with Gasteiger partial charge in [-0.3, -0.25) is 0 Å². The van der Waals surface area contributed by atoms with Crippen LogP contribution < -0.4 is 0 Å². The Morgan fingerprint density at radius 2 is 0.737 bits per heavy atom. The van der Waals surface area contributed by atoms with Crippen molar-refractivity contribution in [2.75, 3.05) is 0 Å². The summed E-state index contributed by atoms with van der Waals surface area (Å²) in [6, 6.07) is 12.8. The molecule has 0 saturated heterocycles. The molecule has 0 aliphatic rings. The molecule has 0 fully saturated rings. The summed E-state index contributed by atoms with van der Waals surface area (Å²) in [7, 11) is 0. The third-order valence-corrected chi connectivity index (χ3v) is 3.55. The minimum Gasteiger partial charge on any atom is -0.0776 e. The second-order valence-corrected chi connectivity index (χ2v) is 5.10. The van der Waals surface area contributed by atoms with Crippen LogP contribution in [0.25, 0.3) is 0 Å². The lowest BCUT2D eigenvalue weighted by Crippen LogP contribution is -1.88. The van der Waals surface area contributed by atoms with E-state index >= 15 is 0 Å². The van der Waals surface area contributed by atoms with Crippen molar-refractivity contribution in [3.63, 3.8) is 0 Å². The van der Waals surface area contributed by atoms with E-state index in [0.29, 0.717) is 0 Å². The molecule has 0 N–H and O–H groups in total. The molecule has 2 aromatic carbocycles. The van der Waals surface area contributed by atoms with E-state index in [1.807, 2.05) is 0 Å². The smallest absolute Gasteiger partial charge is 0.0392 e. The SMILES string of the molecule is C.Cc1ccc(C)c(C)c1C.Cc1ccc(C)cc1. The Balaban J connectivity index is 0.000000331. The van der Waals surface area contributed by atoms with Crippen LogP contribution in [-0.4, -0.2) is 0 Å². The number of hydrogen-bond acceptors (Lipinski definition) is 0. The third kappa shape index (κ3) is 5.30. The molecule has 0 radical (unpaired) electrons. The highest BCUT2D eigenvalue weighted by Gasteiger charge is 1.97. The Bertz CT molecular complexity index is 456. The van der Waals surface area contributed by atoms with Gasteiger partial charge in [0, 0.05) is 0 Å². The maximum absolute atomic E-state index is 2.18. The molecule has 0 heteroatoms. The Labute approximate surface area is 119 Å². The molecule has 0 heterocycles. The molecule has 0 atom stereocenters. The molecule has 0 bridgehead atoms. The minimum atomic E-state index is 0. The van der Waals surface area contributed by atoms with Crippen LogP contribution in [0.1, 0.15) is 40.8 Å². The lowest BCUT2D eigenvalue weighted by Gasteiger charge is -2.06. The average Bonchev–Trinajstić information content (AvgIpc) is 2.36. The number of benzene rings is 2. The van der Waals surface area contributed by atoms with Gasteiger partial charge in [0.1, 0.15) is 0 Å². The standard InChI is InChI=1S/C10H14.C8H10.CH4/c1-7-5-6-8(2)10(4)9(7)3;1-7-3-5-8(2)6-4-7;/h5-6H,1-4H3;3-6H,1-2H3;1H4. The maximum atomic E-state index is 2.18. The zero-order valence-corrected chi connectivity index (χ0v) is 12.5. The van der Waals surface area contributed by atoms with Crippen LogP contribution in [-0.2, 0) is 0 Å². The summed E-state index contributed by atoms with van der Waals surface area (Å²) in [5, 5.41) is 0. The van der Waals surface area contributed by atoms with Gasteiger partial charge in [0.15, 0.2) is 0 Å². The van der Waals surface area contributed by atoms with Crippen molar-refractivity contribution in [2.24, 2.45) is 0 Å². The van der Waals surface area contributed by atoms with Gasteiger partial charge in [0.2, 0.25) is 0 Å². The molecule has 0 spiro atoms. The van der Waals surface area contributed by atoms with E-state index in [1.165, 1.54) is 33.4 Å². The first-order valence-electron chi connectivity index (χ1n) is 6.48. The first-order chi connectivity index (χ1) is 8.41. The van der Waals surface area contributed by atoms with E-state index in [9.17, 15) is 0 Å². The van der Waals surface area contributed by atoms with Gasteiger partial charge in [-0.15, -0.1) is 0 Å². The predicted octanol–water partition coefficient (Wildman–Crippen LogP) is 5.86. The van der Waals surface area contributed by atoms with Gasteiger partial charge >= 0.3 is 0 Å². The van der Waals surface area contributed by atoms with Crippen LogP contribution in [0, 0.1) is 41.5 Å². The lowest BCUT2D eigenvalue weighted by atomic mass is 10.0. The van der Waals surface area contributed by atoms with E-state index in [2.05, 4.69) is 77.9 Å². The summed E-state index contributed by atoms with van der Waals surface area (Å²) in [5.41, 5.74) is 8.30. The van der Waals surface area contributed by atoms with Crippen molar-refractivity contribution >= 4 is 0 Å². The van der Waals surface area contributed by atoms with Crippen LogP contribution in [0.2, 0.25) is 0 Å². The zero-order valence-electron chi connectivity index (χ0n) is 12.5. The van der Waals surface area contributed by atoms with Crippen LogP contribution in [0.15, 0.2) is 36.4 Å². The molecular weight excluding hydrogens is 228 g/mol. The highest BCUT2D eigenvalue weighted by molar-refractivity contribution is 5.37. The fourth-order valence-corrected chi connectivity index (χ4v) is 1.73. The minimum absolute atomic E-state index is 0. The highest BCUT2D eigenvalue weighted by atomic mass is 14.0. The van der Waals surface area contributed by atoms with Crippen molar-refractivity contribution < 1.29 is 0 Å². The van der Waals surface area contributed by atoms with E-state index < -0.39 is 0 Å². The van der Waals surface area contributed by atoms with Crippen molar-refractivity contribution in [3.05, 3.63) is 69.8 Å². The summed E-state index contributed by atoms with van der Waals surface area (Å²) >= 11 is 0. The topological polar surface area (TPSA) is 0 Å². The summed E-state index contributed by atoms with van der Waals surface area (Å²) in [5.74, 6) is 0. The van der Waals surface area contributed by atoms with Crippen LogP contribution in [0.4, 0.5) is 0 Å². The molecule has 2 rings (SSSR count). The average molecular weight is 256 g/mol. The second kappa shape index (κ2) is 7.78. The first-order valence-corrected chi connectivity index (χ1v) is 6.48. The molecule has 2 aromatic rings. The first kappa shape index (κ1) is 17.4. The summed E-state index contributed by atoms with van der Waals surface area (Å²) in [6.07, 6.45) is 0. The third-order valence-electron chi connectivity index (χ3n) is 3.55. The van der Waals surface area contributed by atoms with E-state index in [0.717, 1.165) is 0 Å². The molecule has 19 heavy (non-hydrogen) atoms. The molecular formula is C19H28. The molecule has 0 nitrogen and oxygen atoms in total. The van der Waals surface area contributed by atoms with Gasteiger partial charge in [-0.25, -0.2) is 0 Å². The van der Waals surface area contributed by atoms with E-state index in [-0.39, 0.29) is 7.43 Å². The maximum Gasteiger partial charge on any atom is -0.0392 e. The Morgan fingerprint density at radius 3 is 1.00 bits per heavy atom.